The number of aryl methyl sites for hydroxylation is 2. The van der Waals surface area contributed by atoms with Gasteiger partial charge in [0.05, 0.1) is 5.56 Å². The fourth-order valence-corrected chi connectivity index (χ4v) is 2.32. The summed E-state index contributed by atoms with van der Waals surface area (Å²) in [6.45, 7) is 0. The van der Waals surface area contributed by atoms with E-state index >= 15 is 0 Å². The van der Waals surface area contributed by atoms with Crippen LogP contribution in [0, 0.1) is 0 Å². The SMILES string of the molecule is O=C(O)c1ccc(-c2nnc(CCCc3ccccc3)o2)cc1. The van der Waals surface area contributed by atoms with E-state index in [2.05, 4.69) is 22.3 Å². The van der Waals surface area contributed by atoms with Crippen LogP contribution in [0.1, 0.15) is 28.2 Å². The first-order valence-corrected chi connectivity index (χ1v) is 7.42. The van der Waals surface area contributed by atoms with E-state index in [1.54, 1.807) is 12.1 Å². The van der Waals surface area contributed by atoms with Gasteiger partial charge in [0.25, 0.3) is 0 Å². The average Bonchev–Trinajstić information content (AvgIpc) is 3.05. The Morgan fingerprint density at radius 2 is 1.70 bits per heavy atom. The van der Waals surface area contributed by atoms with E-state index < -0.39 is 5.97 Å². The van der Waals surface area contributed by atoms with Gasteiger partial charge in [0.15, 0.2) is 0 Å². The van der Waals surface area contributed by atoms with Crippen molar-refractivity contribution in [3.63, 3.8) is 0 Å². The lowest BCUT2D eigenvalue weighted by Gasteiger charge is -1.98. The molecule has 0 unspecified atom stereocenters. The monoisotopic (exact) mass is 308 g/mol. The first-order chi connectivity index (χ1) is 11.2. The normalized spacial score (nSPS) is 10.6. The molecule has 5 nitrogen and oxygen atoms in total. The van der Waals surface area contributed by atoms with Crippen molar-refractivity contribution in [3.8, 4) is 11.5 Å². The molecule has 116 valence electrons. The summed E-state index contributed by atoms with van der Waals surface area (Å²) in [5.74, 6) is 0.0542. The zero-order valence-corrected chi connectivity index (χ0v) is 12.5. The number of aromatic carboxylic acids is 1. The highest BCUT2D eigenvalue weighted by molar-refractivity contribution is 5.88. The molecule has 2 aromatic carbocycles. The lowest BCUT2D eigenvalue weighted by Crippen LogP contribution is -1.94. The molecule has 0 fully saturated rings. The molecule has 0 saturated carbocycles. The van der Waals surface area contributed by atoms with Gasteiger partial charge in [0, 0.05) is 12.0 Å². The van der Waals surface area contributed by atoms with Crippen molar-refractivity contribution in [1.82, 2.24) is 10.2 Å². The minimum atomic E-state index is -0.955. The van der Waals surface area contributed by atoms with Gasteiger partial charge in [-0.1, -0.05) is 30.3 Å². The van der Waals surface area contributed by atoms with E-state index in [1.165, 1.54) is 17.7 Å². The van der Waals surface area contributed by atoms with E-state index in [-0.39, 0.29) is 5.56 Å². The number of carboxylic acids is 1. The molecule has 0 amide bonds. The van der Waals surface area contributed by atoms with Crippen molar-refractivity contribution < 1.29 is 14.3 Å². The van der Waals surface area contributed by atoms with Crippen LogP contribution in [0.2, 0.25) is 0 Å². The zero-order valence-electron chi connectivity index (χ0n) is 12.5. The van der Waals surface area contributed by atoms with Crippen LogP contribution in [-0.4, -0.2) is 21.3 Å². The summed E-state index contributed by atoms with van der Waals surface area (Å²) in [6, 6.07) is 16.7. The molecule has 0 bridgehead atoms. The van der Waals surface area contributed by atoms with Gasteiger partial charge in [-0.2, -0.15) is 0 Å². The van der Waals surface area contributed by atoms with Crippen molar-refractivity contribution in [2.75, 3.05) is 0 Å². The second-order valence-corrected chi connectivity index (χ2v) is 5.22. The maximum absolute atomic E-state index is 10.8. The Balaban J connectivity index is 1.60. The van der Waals surface area contributed by atoms with Crippen LogP contribution in [-0.2, 0) is 12.8 Å². The van der Waals surface area contributed by atoms with Crippen molar-refractivity contribution in [3.05, 3.63) is 71.6 Å². The summed E-state index contributed by atoms with van der Waals surface area (Å²) in [4.78, 5) is 10.8. The highest BCUT2D eigenvalue weighted by atomic mass is 16.4. The molecule has 1 heterocycles. The molecule has 1 N–H and O–H groups in total. The predicted molar refractivity (Wildman–Crippen MR) is 85.2 cm³/mol. The summed E-state index contributed by atoms with van der Waals surface area (Å²) in [5, 5.41) is 17.0. The minimum absolute atomic E-state index is 0.233. The second-order valence-electron chi connectivity index (χ2n) is 5.22. The highest BCUT2D eigenvalue weighted by Crippen LogP contribution is 2.19. The molecule has 0 spiro atoms. The van der Waals surface area contributed by atoms with Gasteiger partial charge in [0.1, 0.15) is 0 Å². The molecule has 3 rings (SSSR count). The Bertz CT molecular complexity index is 780. The Morgan fingerprint density at radius 3 is 2.39 bits per heavy atom. The summed E-state index contributed by atoms with van der Waals surface area (Å²) in [6.07, 6.45) is 2.62. The van der Waals surface area contributed by atoms with Crippen molar-refractivity contribution in [1.29, 1.82) is 0 Å². The average molecular weight is 308 g/mol. The third-order valence-electron chi connectivity index (χ3n) is 3.54. The zero-order chi connectivity index (χ0) is 16.1. The molecule has 1 aromatic heterocycles. The molecule has 0 atom stereocenters. The smallest absolute Gasteiger partial charge is 0.335 e. The lowest BCUT2D eigenvalue weighted by molar-refractivity contribution is 0.0697. The van der Waals surface area contributed by atoms with Gasteiger partial charge in [-0.05, 0) is 42.7 Å². The van der Waals surface area contributed by atoms with Gasteiger partial charge in [-0.15, -0.1) is 10.2 Å². The number of aromatic nitrogens is 2. The van der Waals surface area contributed by atoms with E-state index in [4.69, 9.17) is 9.52 Å². The van der Waals surface area contributed by atoms with Crippen LogP contribution in [0.15, 0.2) is 59.0 Å². The molecular formula is C18H16N2O3. The summed E-state index contributed by atoms with van der Waals surface area (Å²) in [7, 11) is 0. The minimum Gasteiger partial charge on any atom is -0.478 e. The lowest BCUT2D eigenvalue weighted by atomic mass is 10.1. The van der Waals surface area contributed by atoms with Crippen LogP contribution < -0.4 is 0 Å². The number of carbonyl (C=O) groups is 1. The molecule has 5 heteroatoms. The van der Waals surface area contributed by atoms with Gasteiger partial charge in [-0.3, -0.25) is 0 Å². The Labute approximate surface area is 133 Å². The fourth-order valence-electron chi connectivity index (χ4n) is 2.32. The molecule has 0 radical (unpaired) electrons. The first kappa shape index (κ1) is 15.0. The Hall–Kier alpha value is -2.95. The number of benzene rings is 2. The Morgan fingerprint density at radius 1 is 0.957 bits per heavy atom. The van der Waals surface area contributed by atoms with Gasteiger partial charge in [0.2, 0.25) is 11.8 Å². The van der Waals surface area contributed by atoms with Crippen molar-refractivity contribution in [2.24, 2.45) is 0 Å². The van der Waals surface area contributed by atoms with Crippen LogP contribution in [0.25, 0.3) is 11.5 Å². The maximum atomic E-state index is 10.8. The predicted octanol–water partition coefficient (Wildman–Crippen LogP) is 3.61. The van der Waals surface area contributed by atoms with E-state index in [0.717, 1.165) is 24.8 Å². The van der Waals surface area contributed by atoms with Crippen LogP contribution in [0.3, 0.4) is 0 Å². The third-order valence-corrected chi connectivity index (χ3v) is 3.54. The van der Waals surface area contributed by atoms with Crippen LogP contribution >= 0.6 is 0 Å². The number of carboxylic acid groups (broad SMARTS) is 1. The van der Waals surface area contributed by atoms with E-state index in [9.17, 15) is 4.79 Å². The van der Waals surface area contributed by atoms with E-state index in [1.807, 2.05) is 18.2 Å². The van der Waals surface area contributed by atoms with E-state index in [0.29, 0.717) is 11.8 Å². The standard InChI is InChI=1S/C18H16N2O3/c21-18(22)15-11-9-14(10-12-15)17-20-19-16(23-17)8-4-7-13-5-2-1-3-6-13/h1-3,5-6,9-12H,4,7-8H2,(H,21,22). The van der Waals surface area contributed by atoms with Gasteiger partial charge < -0.3 is 9.52 Å². The number of nitrogens with zero attached hydrogens (tertiary/aromatic N) is 2. The molecule has 0 aliphatic heterocycles. The summed E-state index contributed by atoms with van der Waals surface area (Å²) in [5.41, 5.74) is 2.24. The summed E-state index contributed by atoms with van der Waals surface area (Å²) >= 11 is 0. The third kappa shape index (κ3) is 3.83. The first-order valence-electron chi connectivity index (χ1n) is 7.42. The fraction of sp³-hybridized carbons (Fsp3) is 0.167. The van der Waals surface area contributed by atoms with Crippen molar-refractivity contribution in [2.45, 2.75) is 19.3 Å². The molecule has 23 heavy (non-hydrogen) atoms. The summed E-state index contributed by atoms with van der Waals surface area (Å²) < 4.78 is 5.64. The van der Waals surface area contributed by atoms with Gasteiger partial charge >= 0.3 is 5.97 Å². The molecular weight excluding hydrogens is 292 g/mol. The number of hydrogen-bond donors (Lipinski definition) is 1. The molecule has 0 aliphatic rings. The molecule has 0 saturated heterocycles. The maximum Gasteiger partial charge on any atom is 0.335 e. The highest BCUT2D eigenvalue weighted by Gasteiger charge is 2.10. The number of rotatable bonds is 6. The quantitative estimate of drug-likeness (QED) is 0.752. The molecule has 0 aliphatic carbocycles. The second kappa shape index (κ2) is 6.87. The number of hydrogen-bond acceptors (Lipinski definition) is 4. The van der Waals surface area contributed by atoms with Crippen LogP contribution in [0.5, 0.6) is 0 Å². The largest absolute Gasteiger partial charge is 0.478 e. The Kier molecular flexibility index (Phi) is 4.47. The molecule has 3 aromatic rings. The van der Waals surface area contributed by atoms with Crippen LogP contribution in [0.4, 0.5) is 0 Å². The van der Waals surface area contributed by atoms with Gasteiger partial charge in [-0.25, -0.2) is 4.79 Å². The topological polar surface area (TPSA) is 76.2 Å². The van der Waals surface area contributed by atoms with Crippen molar-refractivity contribution >= 4 is 5.97 Å².